The average molecular weight is 242 g/mol. The quantitative estimate of drug-likeness (QED) is 0.701. The van der Waals surface area contributed by atoms with Crippen LogP contribution in [-0.4, -0.2) is 60.4 Å². The predicted molar refractivity (Wildman–Crippen MR) is 64.1 cm³/mol. The van der Waals surface area contributed by atoms with Gasteiger partial charge in [-0.1, -0.05) is 0 Å². The van der Waals surface area contributed by atoms with Gasteiger partial charge < -0.3 is 9.84 Å². The molecular weight excluding hydrogens is 220 g/mol. The van der Waals surface area contributed by atoms with E-state index in [0.717, 1.165) is 32.5 Å². The first kappa shape index (κ1) is 12.8. The van der Waals surface area contributed by atoms with E-state index < -0.39 is 11.5 Å². The Bertz CT molecular complexity index is 287. The monoisotopic (exact) mass is 242 g/mol. The van der Waals surface area contributed by atoms with Crippen LogP contribution in [0.3, 0.4) is 0 Å². The Hall–Kier alpha value is -0.650. The van der Waals surface area contributed by atoms with Gasteiger partial charge in [0, 0.05) is 25.2 Å². The molecule has 0 aromatic carbocycles. The number of hydrogen-bond acceptors (Lipinski definition) is 4. The van der Waals surface area contributed by atoms with Gasteiger partial charge in [-0.25, -0.2) is 0 Å². The lowest BCUT2D eigenvalue weighted by molar-refractivity contribution is -0.145. The third-order valence-corrected chi connectivity index (χ3v) is 3.67. The normalized spacial score (nSPS) is 28.3. The molecule has 1 saturated carbocycles. The van der Waals surface area contributed by atoms with E-state index in [9.17, 15) is 9.90 Å². The van der Waals surface area contributed by atoms with Crippen LogP contribution in [0.15, 0.2) is 0 Å². The minimum atomic E-state index is -0.849. The summed E-state index contributed by atoms with van der Waals surface area (Å²) in [4.78, 5) is 13.5. The number of carboxylic acids is 1. The van der Waals surface area contributed by atoms with Crippen molar-refractivity contribution in [1.29, 1.82) is 0 Å². The van der Waals surface area contributed by atoms with Crippen molar-refractivity contribution in [3.05, 3.63) is 0 Å². The molecule has 0 radical (unpaired) electrons. The van der Waals surface area contributed by atoms with Gasteiger partial charge in [-0.05, 0) is 33.2 Å². The summed E-state index contributed by atoms with van der Waals surface area (Å²) in [5.74, 6) is -0.768. The van der Waals surface area contributed by atoms with Gasteiger partial charge in [0.2, 0.25) is 0 Å². The van der Waals surface area contributed by atoms with Gasteiger partial charge in [-0.3, -0.25) is 15.0 Å². The van der Waals surface area contributed by atoms with Gasteiger partial charge in [0.05, 0.1) is 6.61 Å². The number of ether oxygens (including phenoxy) is 1. The molecule has 2 rings (SSSR count). The number of hydrogen-bond donors (Lipinski definition) is 2. The molecule has 98 valence electrons. The van der Waals surface area contributed by atoms with Crippen molar-refractivity contribution in [2.24, 2.45) is 0 Å². The van der Waals surface area contributed by atoms with Crippen LogP contribution in [0, 0.1) is 0 Å². The number of nitrogens with zero attached hydrogens (tertiary/aromatic N) is 1. The topological polar surface area (TPSA) is 61.8 Å². The fourth-order valence-corrected chi connectivity index (χ4v) is 2.35. The molecule has 0 aromatic rings. The van der Waals surface area contributed by atoms with Crippen LogP contribution in [0.5, 0.6) is 0 Å². The molecule has 2 fully saturated rings. The van der Waals surface area contributed by atoms with E-state index in [1.807, 2.05) is 7.05 Å². The molecule has 17 heavy (non-hydrogen) atoms. The number of rotatable bonds is 6. The molecular formula is C12H22N2O3. The van der Waals surface area contributed by atoms with Gasteiger partial charge in [-0.15, -0.1) is 0 Å². The Balaban J connectivity index is 1.93. The summed E-state index contributed by atoms with van der Waals surface area (Å²) in [7, 11) is 1.98. The van der Waals surface area contributed by atoms with Gasteiger partial charge in [0.1, 0.15) is 5.54 Å². The highest BCUT2D eigenvalue weighted by molar-refractivity contribution is 5.78. The Labute approximate surface area is 102 Å². The minimum Gasteiger partial charge on any atom is -0.480 e. The number of aliphatic carboxylic acids is 1. The molecule has 0 bridgehead atoms. The lowest BCUT2D eigenvalue weighted by Gasteiger charge is -2.33. The van der Waals surface area contributed by atoms with Crippen LogP contribution in [0.2, 0.25) is 0 Å². The predicted octanol–water partition coefficient (Wildman–Crippen LogP) is 0.302. The average Bonchev–Trinajstić information content (AvgIpc) is 2.89. The third kappa shape index (κ3) is 3.18. The summed E-state index contributed by atoms with van der Waals surface area (Å²) >= 11 is 0. The number of nitrogens with one attached hydrogen (secondary N) is 1. The Morgan fingerprint density at radius 3 is 2.71 bits per heavy atom. The maximum absolute atomic E-state index is 11.4. The molecule has 0 amide bonds. The summed E-state index contributed by atoms with van der Waals surface area (Å²) in [5.41, 5.74) is -0.849. The van der Waals surface area contributed by atoms with Crippen LogP contribution in [0.1, 0.15) is 26.2 Å². The van der Waals surface area contributed by atoms with Crippen molar-refractivity contribution >= 4 is 5.97 Å². The second kappa shape index (κ2) is 4.92. The van der Waals surface area contributed by atoms with E-state index in [-0.39, 0.29) is 0 Å². The Morgan fingerprint density at radius 2 is 2.24 bits per heavy atom. The van der Waals surface area contributed by atoms with Crippen LogP contribution in [0.25, 0.3) is 0 Å². The van der Waals surface area contributed by atoms with Crippen LogP contribution in [0.4, 0.5) is 0 Å². The summed E-state index contributed by atoms with van der Waals surface area (Å²) in [6.45, 7) is 3.80. The summed E-state index contributed by atoms with van der Waals surface area (Å²) in [6, 6.07) is 0.749. The first-order chi connectivity index (χ1) is 8.01. The molecule has 5 heteroatoms. The first-order valence-electron chi connectivity index (χ1n) is 6.30. The fourth-order valence-electron chi connectivity index (χ4n) is 2.35. The third-order valence-electron chi connectivity index (χ3n) is 3.67. The molecule has 0 spiro atoms. The summed E-state index contributed by atoms with van der Waals surface area (Å²) in [6.07, 6.45) is 3.19. The van der Waals surface area contributed by atoms with Crippen molar-refractivity contribution in [2.45, 2.75) is 43.8 Å². The number of carboxylic acid groups (broad SMARTS) is 1. The van der Waals surface area contributed by atoms with Gasteiger partial charge >= 0.3 is 5.97 Å². The highest BCUT2D eigenvalue weighted by atomic mass is 16.5. The molecule has 0 aromatic heterocycles. The van der Waals surface area contributed by atoms with Crippen molar-refractivity contribution in [2.75, 3.05) is 26.8 Å². The Morgan fingerprint density at radius 1 is 1.53 bits per heavy atom. The zero-order valence-electron chi connectivity index (χ0n) is 10.6. The largest absolute Gasteiger partial charge is 0.480 e. The lowest BCUT2D eigenvalue weighted by Crippen LogP contribution is -2.58. The Kier molecular flexibility index (Phi) is 3.70. The zero-order valence-corrected chi connectivity index (χ0v) is 10.6. The standard InChI is InChI=1S/C12H22N2O3/c1-12(11(15)16,13-9-3-4-9)8-14(2)10-5-6-17-7-10/h9-10,13H,3-8H2,1-2H3,(H,15,16). The van der Waals surface area contributed by atoms with Gasteiger partial charge in [0.15, 0.2) is 0 Å². The van der Waals surface area contributed by atoms with Crippen molar-refractivity contribution in [3.63, 3.8) is 0 Å². The van der Waals surface area contributed by atoms with Gasteiger partial charge in [0.25, 0.3) is 0 Å². The SMILES string of the molecule is CN(CC(C)(NC1CC1)C(=O)O)C1CCOC1. The van der Waals surface area contributed by atoms with E-state index in [1.54, 1.807) is 6.92 Å². The van der Waals surface area contributed by atoms with Crippen molar-refractivity contribution < 1.29 is 14.6 Å². The highest BCUT2D eigenvalue weighted by Crippen LogP contribution is 2.24. The summed E-state index contributed by atoms with van der Waals surface area (Å²) < 4.78 is 5.34. The molecule has 1 heterocycles. The number of likely N-dealkylation sites (N-methyl/N-ethyl adjacent to an activating group) is 1. The molecule has 2 aliphatic rings. The van der Waals surface area contributed by atoms with E-state index >= 15 is 0 Å². The van der Waals surface area contributed by atoms with Crippen molar-refractivity contribution in [1.82, 2.24) is 10.2 Å². The maximum atomic E-state index is 11.4. The lowest BCUT2D eigenvalue weighted by atomic mass is 10.0. The maximum Gasteiger partial charge on any atom is 0.324 e. The second-order valence-corrected chi connectivity index (χ2v) is 5.49. The molecule has 5 nitrogen and oxygen atoms in total. The van der Waals surface area contributed by atoms with E-state index in [0.29, 0.717) is 18.6 Å². The van der Waals surface area contributed by atoms with Crippen LogP contribution >= 0.6 is 0 Å². The van der Waals surface area contributed by atoms with E-state index in [1.165, 1.54) is 0 Å². The second-order valence-electron chi connectivity index (χ2n) is 5.49. The smallest absolute Gasteiger partial charge is 0.324 e. The summed E-state index contributed by atoms with van der Waals surface area (Å²) in [5, 5.41) is 12.6. The molecule has 2 unspecified atom stereocenters. The zero-order chi connectivity index (χ0) is 12.5. The molecule has 1 saturated heterocycles. The molecule has 2 N–H and O–H groups in total. The van der Waals surface area contributed by atoms with E-state index in [2.05, 4.69) is 10.2 Å². The van der Waals surface area contributed by atoms with Crippen molar-refractivity contribution in [3.8, 4) is 0 Å². The molecule has 1 aliphatic heterocycles. The minimum absolute atomic E-state index is 0.356. The molecule has 2 atom stereocenters. The molecule has 1 aliphatic carbocycles. The van der Waals surface area contributed by atoms with Gasteiger partial charge in [-0.2, -0.15) is 0 Å². The van der Waals surface area contributed by atoms with E-state index in [4.69, 9.17) is 4.74 Å². The van der Waals surface area contributed by atoms with Crippen LogP contribution in [-0.2, 0) is 9.53 Å². The highest BCUT2D eigenvalue weighted by Gasteiger charge is 2.40. The fraction of sp³-hybridized carbons (Fsp3) is 0.917. The number of carbonyl (C=O) groups is 1. The van der Waals surface area contributed by atoms with Crippen LogP contribution < -0.4 is 5.32 Å². The first-order valence-corrected chi connectivity index (χ1v) is 6.30.